The zero-order chi connectivity index (χ0) is 34.0. The molecular formula is C48H80. The molecule has 6 atom stereocenters. The van der Waals surface area contributed by atoms with Gasteiger partial charge in [0, 0.05) is 0 Å². The van der Waals surface area contributed by atoms with Gasteiger partial charge in [0.2, 0.25) is 0 Å². The van der Waals surface area contributed by atoms with E-state index in [0.29, 0.717) is 0 Å². The first-order chi connectivity index (χ1) is 23.5. The number of benzene rings is 2. The molecule has 2 aromatic carbocycles. The molecule has 0 aliphatic heterocycles. The van der Waals surface area contributed by atoms with Gasteiger partial charge in [-0.1, -0.05) is 205 Å². The molecule has 0 nitrogen and oxygen atoms in total. The second-order valence-electron chi connectivity index (χ2n) is 17.7. The van der Waals surface area contributed by atoms with E-state index in [0.717, 1.165) is 35.5 Å². The minimum Gasteiger partial charge on any atom is -0.0654 e. The number of fused-ring (bicyclic) bond motifs is 5. The lowest BCUT2D eigenvalue weighted by Gasteiger charge is -2.45. The average molecular weight is 657 g/mol. The molecule has 1 saturated carbocycles. The van der Waals surface area contributed by atoms with Gasteiger partial charge in [-0.15, -0.1) is 0 Å². The summed E-state index contributed by atoms with van der Waals surface area (Å²) in [6.45, 7) is 12.2. The number of rotatable bonds is 25. The Morgan fingerprint density at radius 1 is 0.625 bits per heavy atom. The summed E-state index contributed by atoms with van der Waals surface area (Å²) < 4.78 is 0. The predicted octanol–water partition coefficient (Wildman–Crippen LogP) is 16.1. The number of unbranched alkanes of at least 4 members (excludes halogenated alkanes) is 17. The highest BCUT2D eigenvalue weighted by atomic mass is 14.4. The molecule has 48 heavy (non-hydrogen) atoms. The summed E-state index contributed by atoms with van der Waals surface area (Å²) in [5, 5.41) is 2.99. The molecule has 0 aromatic heterocycles. The Balaban J connectivity index is 0.967. The Hall–Kier alpha value is -1.30. The molecule has 6 unspecified atom stereocenters. The van der Waals surface area contributed by atoms with Crippen LogP contribution in [0.15, 0.2) is 30.3 Å². The maximum atomic E-state index is 2.57. The summed E-state index contributed by atoms with van der Waals surface area (Å²) in [5.41, 5.74) is 4.78. The van der Waals surface area contributed by atoms with E-state index in [1.54, 1.807) is 11.1 Å². The SMILES string of the molecule is CCCCCCCCCCCCCCCCCCCCC(C)CCCC(C)CC1CCC2c3ccc4cc(C)ccc4c3CC(C)C2C1. The highest BCUT2D eigenvalue weighted by Crippen LogP contribution is 2.51. The zero-order valence-electron chi connectivity index (χ0n) is 32.9. The number of aryl methyl sites for hydroxylation is 1. The zero-order valence-corrected chi connectivity index (χ0v) is 32.9. The van der Waals surface area contributed by atoms with E-state index in [-0.39, 0.29) is 0 Å². The van der Waals surface area contributed by atoms with E-state index >= 15 is 0 Å². The molecule has 4 rings (SSSR count). The minimum absolute atomic E-state index is 0.807. The van der Waals surface area contributed by atoms with Crippen molar-refractivity contribution in [1.82, 2.24) is 0 Å². The van der Waals surface area contributed by atoms with Gasteiger partial charge in [-0.3, -0.25) is 0 Å². The van der Waals surface area contributed by atoms with Crippen LogP contribution in [0.25, 0.3) is 10.8 Å². The number of hydrogen-bond acceptors (Lipinski definition) is 0. The standard InChI is InChI=1S/C48H80/c1-6-7-8-9-10-11-12-13-14-15-16-17-18-19-20-21-22-23-25-38(2)26-24-27-39(3)34-42-29-32-45-46-33-30-43-35-40(4)28-31-44(43)48(46)36-41(5)47(45)37-42/h28,30-31,33,35,38-39,41-42,45,47H,6-27,29,32,34,36-37H2,1-5H3. The lowest BCUT2D eigenvalue weighted by Crippen LogP contribution is -2.34. The van der Waals surface area contributed by atoms with E-state index in [1.807, 2.05) is 0 Å². The fourth-order valence-electron chi connectivity index (χ4n) is 10.1. The van der Waals surface area contributed by atoms with Crippen LogP contribution in [0.5, 0.6) is 0 Å². The molecule has 272 valence electrons. The Labute approximate surface area is 300 Å². The minimum atomic E-state index is 0.807. The molecule has 0 spiro atoms. The number of hydrogen-bond donors (Lipinski definition) is 0. The van der Waals surface area contributed by atoms with Crippen LogP contribution in [0, 0.1) is 36.5 Å². The summed E-state index contributed by atoms with van der Waals surface area (Å²) in [5.74, 6) is 5.33. The van der Waals surface area contributed by atoms with Gasteiger partial charge in [0.25, 0.3) is 0 Å². The van der Waals surface area contributed by atoms with Crippen molar-refractivity contribution in [3.05, 3.63) is 47.0 Å². The molecule has 0 heterocycles. The molecule has 0 amide bonds. The van der Waals surface area contributed by atoms with Gasteiger partial charge < -0.3 is 0 Å². The van der Waals surface area contributed by atoms with Crippen molar-refractivity contribution >= 4 is 10.8 Å². The third kappa shape index (κ3) is 13.4. The van der Waals surface area contributed by atoms with Crippen molar-refractivity contribution in [2.24, 2.45) is 29.6 Å². The van der Waals surface area contributed by atoms with Gasteiger partial charge in [0.05, 0.1) is 0 Å². The first-order valence-electron chi connectivity index (χ1n) is 22.0. The molecule has 2 aromatic rings. The van der Waals surface area contributed by atoms with Crippen LogP contribution in [-0.2, 0) is 6.42 Å². The van der Waals surface area contributed by atoms with Crippen LogP contribution in [-0.4, -0.2) is 0 Å². The summed E-state index contributed by atoms with van der Waals surface area (Å²) in [6, 6.07) is 12.1. The topological polar surface area (TPSA) is 0 Å². The maximum absolute atomic E-state index is 2.57. The van der Waals surface area contributed by atoms with E-state index in [9.17, 15) is 0 Å². The summed E-state index contributed by atoms with van der Waals surface area (Å²) in [7, 11) is 0. The predicted molar refractivity (Wildman–Crippen MR) is 215 cm³/mol. The molecule has 0 radical (unpaired) electrons. The summed E-state index contributed by atoms with van der Waals surface area (Å²) in [4.78, 5) is 0. The van der Waals surface area contributed by atoms with Crippen molar-refractivity contribution < 1.29 is 0 Å². The van der Waals surface area contributed by atoms with Crippen LogP contribution in [0.1, 0.15) is 217 Å². The molecule has 0 heteroatoms. The molecular weight excluding hydrogens is 577 g/mol. The van der Waals surface area contributed by atoms with Crippen molar-refractivity contribution in [1.29, 1.82) is 0 Å². The van der Waals surface area contributed by atoms with E-state index in [4.69, 9.17) is 0 Å². The van der Waals surface area contributed by atoms with E-state index in [2.05, 4.69) is 65.0 Å². The molecule has 0 bridgehead atoms. The molecule has 0 N–H and O–H groups in total. The summed E-state index contributed by atoms with van der Waals surface area (Å²) in [6.07, 6.45) is 39.5. The van der Waals surface area contributed by atoms with E-state index in [1.165, 1.54) is 190 Å². The monoisotopic (exact) mass is 657 g/mol. The first kappa shape index (κ1) is 39.5. The van der Waals surface area contributed by atoms with Crippen molar-refractivity contribution in [2.75, 3.05) is 0 Å². The van der Waals surface area contributed by atoms with Crippen LogP contribution < -0.4 is 0 Å². The fraction of sp³-hybridized carbons (Fsp3) is 0.792. The quantitative estimate of drug-likeness (QED) is 0.0933. The smallest absolute Gasteiger partial charge is 0.0128 e. The van der Waals surface area contributed by atoms with Gasteiger partial charge in [-0.05, 0) is 96.4 Å². The van der Waals surface area contributed by atoms with Gasteiger partial charge in [-0.2, -0.15) is 0 Å². The fourth-order valence-corrected chi connectivity index (χ4v) is 10.1. The Morgan fingerprint density at radius 2 is 1.19 bits per heavy atom. The van der Waals surface area contributed by atoms with Crippen LogP contribution in [0.2, 0.25) is 0 Å². The lowest BCUT2D eigenvalue weighted by molar-refractivity contribution is 0.144. The van der Waals surface area contributed by atoms with Gasteiger partial charge in [0.15, 0.2) is 0 Å². The second-order valence-corrected chi connectivity index (χ2v) is 17.7. The average Bonchev–Trinajstić information content (AvgIpc) is 3.07. The molecule has 0 saturated heterocycles. The molecule has 2 aliphatic rings. The second kappa shape index (κ2) is 22.5. The molecule has 2 aliphatic carbocycles. The Morgan fingerprint density at radius 3 is 1.81 bits per heavy atom. The highest BCUT2D eigenvalue weighted by molar-refractivity contribution is 5.88. The maximum Gasteiger partial charge on any atom is -0.0128 e. The van der Waals surface area contributed by atoms with Gasteiger partial charge in [0.1, 0.15) is 0 Å². The van der Waals surface area contributed by atoms with E-state index < -0.39 is 0 Å². The van der Waals surface area contributed by atoms with Gasteiger partial charge in [-0.25, -0.2) is 0 Å². The lowest BCUT2D eigenvalue weighted by atomic mass is 9.60. The largest absolute Gasteiger partial charge is 0.0654 e. The van der Waals surface area contributed by atoms with Crippen molar-refractivity contribution in [2.45, 2.75) is 214 Å². The third-order valence-corrected chi connectivity index (χ3v) is 13.2. The van der Waals surface area contributed by atoms with Gasteiger partial charge >= 0.3 is 0 Å². The normalized spacial score (nSPS) is 22.0. The first-order valence-corrected chi connectivity index (χ1v) is 22.0. The highest BCUT2D eigenvalue weighted by Gasteiger charge is 2.39. The Bertz CT molecular complexity index is 1130. The van der Waals surface area contributed by atoms with Crippen LogP contribution in [0.4, 0.5) is 0 Å². The van der Waals surface area contributed by atoms with Crippen molar-refractivity contribution in [3.8, 4) is 0 Å². The van der Waals surface area contributed by atoms with Crippen molar-refractivity contribution in [3.63, 3.8) is 0 Å². The molecule has 1 fully saturated rings. The van der Waals surface area contributed by atoms with Crippen LogP contribution >= 0.6 is 0 Å². The Kier molecular flexibility index (Phi) is 18.5. The third-order valence-electron chi connectivity index (χ3n) is 13.2. The summed E-state index contributed by atoms with van der Waals surface area (Å²) >= 11 is 0. The van der Waals surface area contributed by atoms with Crippen LogP contribution in [0.3, 0.4) is 0 Å².